The summed E-state index contributed by atoms with van der Waals surface area (Å²) in [5, 5.41) is 2.89. The Bertz CT molecular complexity index is 864. The van der Waals surface area contributed by atoms with Crippen LogP contribution in [0.1, 0.15) is 30.3 Å². The van der Waals surface area contributed by atoms with E-state index in [2.05, 4.69) is 15.3 Å². The highest BCUT2D eigenvalue weighted by atomic mass is 32.2. The number of rotatable bonds is 6. The van der Waals surface area contributed by atoms with E-state index >= 15 is 0 Å². The third-order valence-electron chi connectivity index (χ3n) is 4.36. The summed E-state index contributed by atoms with van der Waals surface area (Å²) in [4.78, 5) is 20.2. The molecule has 144 valence electrons. The van der Waals surface area contributed by atoms with Gasteiger partial charge in [0.15, 0.2) is 0 Å². The molecule has 1 fully saturated rings. The maximum Gasteiger partial charge on any atom is 0.271 e. The van der Waals surface area contributed by atoms with Crippen molar-refractivity contribution in [2.75, 3.05) is 19.7 Å². The van der Waals surface area contributed by atoms with Gasteiger partial charge in [-0.1, -0.05) is 0 Å². The van der Waals surface area contributed by atoms with E-state index in [1.165, 1.54) is 22.9 Å². The quantitative estimate of drug-likeness (QED) is 0.801. The molecule has 2 aromatic rings. The lowest BCUT2D eigenvalue weighted by Gasteiger charge is -2.31. The number of benzene rings is 1. The number of nitrogens with zero attached hydrogens (tertiary/aromatic N) is 3. The Kier molecular flexibility index (Phi) is 6.02. The summed E-state index contributed by atoms with van der Waals surface area (Å²) in [6, 6.07) is 6.34. The number of piperidine rings is 1. The summed E-state index contributed by atoms with van der Waals surface area (Å²) in [6.45, 7) is 3.10. The highest BCUT2D eigenvalue weighted by molar-refractivity contribution is 7.89. The highest BCUT2D eigenvalue weighted by Crippen LogP contribution is 2.23. The van der Waals surface area contributed by atoms with E-state index in [-0.39, 0.29) is 22.5 Å². The first-order valence-electron chi connectivity index (χ1n) is 8.80. The van der Waals surface area contributed by atoms with E-state index in [0.717, 1.165) is 0 Å². The Morgan fingerprint density at radius 1 is 1.22 bits per heavy atom. The van der Waals surface area contributed by atoms with Gasteiger partial charge in [-0.25, -0.2) is 13.4 Å². The number of hydrogen-bond acceptors (Lipinski definition) is 6. The van der Waals surface area contributed by atoms with E-state index in [0.29, 0.717) is 38.3 Å². The molecule has 1 aromatic carbocycles. The zero-order chi connectivity index (χ0) is 19.3. The molecule has 3 rings (SSSR count). The van der Waals surface area contributed by atoms with Crippen molar-refractivity contribution >= 4 is 15.9 Å². The first-order valence-corrected chi connectivity index (χ1v) is 10.2. The van der Waals surface area contributed by atoms with Gasteiger partial charge in [0.05, 0.1) is 17.7 Å². The number of amides is 1. The summed E-state index contributed by atoms with van der Waals surface area (Å²) in [7, 11) is -3.56. The average Bonchev–Trinajstić information content (AvgIpc) is 2.70. The Hall–Kier alpha value is -2.52. The van der Waals surface area contributed by atoms with Gasteiger partial charge in [0.25, 0.3) is 5.91 Å². The van der Waals surface area contributed by atoms with Gasteiger partial charge in [-0.2, -0.15) is 4.31 Å². The Balaban J connectivity index is 1.58. The number of sulfonamides is 1. The van der Waals surface area contributed by atoms with Crippen LogP contribution in [0.5, 0.6) is 5.75 Å². The minimum absolute atomic E-state index is 0.0914. The number of carbonyl (C=O) groups excluding carboxylic acids is 1. The molecule has 0 radical (unpaired) electrons. The van der Waals surface area contributed by atoms with Crippen molar-refractivity contribution < 1.29 is 17.9 Å². The molecule has 0 bridgehead atoms. The zero-order valence-corrected chi connectivity index (χ0v) is 15.9. The standard InChI is InChI=1S/C18H22N4O4S/c1-2-26-15-3-5-16(6-4-15)27(24,25)22-11-7-14(8-12-22)21-18(23)17-13-19-9-10-20-17/h3-6,9-10,13-14H,2,7-8,11-12H2,1H3,(H,21,23). The summed E-state index contributed by atoms with van der Waals surface area (Å²) in [6.07, 6.45) is 5.45. The average molecular weight is 390 g/mol. The monoisotopic (exact) mass is 390 g/mol. The van der Waals surface area contributed by atoms with Crippen LogP contribution in [0.25, 0.3) is 0 Å². The maximum atomic E-state index is 12.8. The second-order valence-corrected chi connectivity index (χ2v) is 8.08. The molecule has 0 aliphatic carbocycles. The minimum Gasteiger partial charge on any atom is -0.494 e. The van der Waals surface area contributed by atoms with Crippen LogP contribution in [0.2, 0.25) is 0 Å². The van der Waals surface area contributed by atoms with Gasteiger partial charge in [-0.3, -0.25) is 9.78 Å². The molecule has 9 heteroatoms. The van der Waals surface area contributed by atoms with E-state index in [9.17, 15) is 13.2 Å². The first kappa shape index (κ1) is 19.2. The lowest BCUT2D eigenvalue weighted by molar-refractivity contribution is 0.0918. The van der Waals surface area contributed by atoms with Crippen LogP contribution in [-0.4, -0.2) is 54.3 Å². The van der Waals surface area contributed by atoms with E-state index in [1.807, 2.05) is 6.92 Å². The molecule has 2 heterocycles. The molecule has 1 aliphatic heterocycles. The summed E-state index contributed by atoms with van der Waals surface area (Å²) < 4.78 is 32.4. The van der Waals surface area contributed by atoms with Crippen LogP contribution in [-0.2, 0) is 10.0 Å². The predicted octanol–water partition coefficient (Wildman–Crippen LogP) is 1.46. The SMILES string of the molecule is CCOc1ccc(S(=O)(=O)N2CCC(NC(=O)c3cnccn3)CC2)cc1. The Morgan fingerprint density at radius 3 is 2.52 bits per heavy atom. The molecule has 1 aromatic heterocycles. The molecule has 1 amide bonds. The van der Waals surface area contributed by atoms with Crippen molar-refractivity contribution in [1.82, 2.24) is 19.6 Å². The van der Waals surface area contributed by atoms with Crippen LogP contribution in [0.4, 0.5) is 0 Å². The number of nitrogens with one attached hydrogen (secondary N) is 1. The van der Waals surface area contributed by atoms with Crippen LogP contribution >= 0.6 is 0 Å². The Labute approximate surface area is 158 Å². The van der Waals surface area contributed by atoms with E-state index < -0.39 is 10.0 Å². The minimum atomic E-state index is -3.56. The molecule has 1 saturated heterocycles. The lowest BCUT2D eigenvalue weighted by Crippen LogP contribution is -2.46. The predicted molar refractivity (Wildman–Crippen MR) is 98.9 cm³/mol. The second kappa shape index (κ2) is 8.45. The van der Waals surface area contributed by atoms with Crippen molar-refractivity contribution in [2.24, 2.45) is 0 Å². The highest BCUT2D eigenvalue weighted by Gasteiger charge is 2.30. The molecule has 27 heavy (non-hydrogen) atoms. The maximum absolute atomic E-state index is 12.8. The molecule has 8 nitrogen and oxygen atoms in total. The fraction of sp³-hybridized carbons (Fsp3) is 0.389. The van der Waals surface area contributed by atoms with Crippen LogP contribution in [0, 0.1) is 0 Å². The molecular formula is C18H22N4O4S. The third kappa shape index (κ3) is 4.61. The summed E-state index contributed by atoms with van der Waals surface area (Å²) in [5.41, 5.74) is 0.252. The third-order valence-corrected chi connectivity index (χ3v) is 6.27. The van der Waals surface area contributed by atoms with Gasteiger partial charge in [-0.05, 0) is 44.0 Å². The van der Waals surface area contributed by atoms with Crippen molar-refractivity contribution in [3.05, 3.63) is 48.5 Å². The van der Waals surface area contributed by atoms with Crippen LogP contribution in [0.3, 0.4) is 0 Å². The van der Waals surface area contributed by atoms with Gasteiger partial charge in [-0.15, -0.1) is 0 Å². The van der Waals surface area contributed by atoms with Crippen molar-refractivity contribution in [2.45, 2.75) is 30.7 Å². The second-order valence-electron chi connectivity index (χ2n) is 6.15. The van der Waals surface area contributed by atoms with E-state index in [4.69, 9.17) is 4.74 Å². The van der Waals surface area contributed by atoms with Crippen molar-refractivity contribution in [3.8, 4) is 5.75 Å². The smallest absolute Gasteiger partial charge is 0.271 e. The van der Waals surface area contributed by atoms with Gasteiger partial charge < -0.3 is 10.1 Å². The van der Waals surface area contributed by atoms with Gasteiger partial charge >= 0.3 is 0 Å². The topological polar surface area (TPSA) is 101 Å². The van der Waals surface area contributed by atoms with Gasteiger partial charge in [0.1, 0.15) is 11.4 Å². The molecule has 1 N–H and O–H groups in total. The van der Waals surface area contributed by atoms with Crippen LogP contribution < -0.4 is 10.1 Å². The summed E-state index contributed by atoms with van der Waals surface area (Å²) in [5.74, 6) is 0.345. The molecule has 0 atom stereocenters. The van der Waals surface area contributed by atoms with Crippen molar-refractivity contribution in [1.29, 1.82) is 0 Å². The fourth-order valence-electron chi connectivity index (χ4n) is 2.94. The van der Waals surface area contributed by atoms with Crippen LogP contribution in [0.15, 0.2) is 47.8 Å². The van der Waals surface area contributed by atoms with Gasteiger partial charge in [0.2, 0.25) is 10.0 Å². The normalized spacial score (nSPS) is 16.0. The molecular weight excluding hydrogens is 368 g/mol. The Morgan fingerprint density at radius 2 is 1.93 bits per heavy atom. The molecule has 0 unspecified atom stereocenters. The summed E-state index contributed by atoms with van der Waals surface area (Å²) >= 11 is 0. The molecule has 0 saturated carbocycles. The largest absolute Gasteiger partial charge is 0.494 e. The van der Waals surface area contributed by atoms with Gasteiger partial charge in [0, 0.05) is 31.5 Å². The van der Waals surface area contributed by atoms with Crippen molar-refractivity contribution in [3.63, 3.8) is 0 Å². The molecule has 0 spiro atoms. The fourth-order valence-corrected chi connectivity index (χ4v) is 4.41. The number of carbonyl (C=O) groups is 1. The number of hydrogen-bond donors (Lipinski definition) is 1. The number of aromatic nitrogens is 2. The lowest BCUT2D eigenvalue weighted by atomic mass is 10.1. The van der Waals surface area contributed by atoms with E-state index in [1.54, 1.807) is 24.3 Å². The molecule has 1 aliphatic rings. The zero-order valence-electron chi connectivity index (χ0n) is 15.0. The first-order chi connectivity index (χ1) is 13.0. The number of ether oxygens (including phenoxy) is 1.